The Kier molecular flexibility index (Phi) is 3.96. The lowest BCUT2D eigenvalue weighted by molar-refractivity contribution is 0.102. The van der Waals surface area contributed by atoms with Gasteiger partial charge in [-0.2, -0.15) is 0 Å². The van der Waals surface area contributed by atoms with Gasteiger partial charge in [-0.25, -0.2) is 14.8 Å². The minimum atomic E-state index is -0.513. The molecule has 0 saturated carbocycles. The van der Waals surface area contributed by atoms with Crippen molar-refractivity contribution in [3.63, 3.8) is 0 Å². The number of fused-ring (bicyclic) bond motifs is 1. The van der Waals surface area contributed by atoms with Gasteiger partial charge in [-0.15, -0.1) is 11.3 Å². The molecule has 1 amide bonds. The molecule has 4 rings (SSSR count). The number of thiazole rings is 1. The molecule has 0 aliphatic carbocycles. The minimum Gasteiger partial charge on any atom is -0.463 e. The fraction of sp³-hybridized carbons (Fsp3) is 0.118. The Bertz CT molecular complexity index is 1280. The molecule has 0 atom stereocenters. The fourth-order valence-corrected chi connectivity index (χ4v) is 3.31. The number of pyridine rings is 1. The van der Waals surface area contributed by atoms with E-state index in [0.29, 0.717) is 16.6 Å². The molecule has 0 unspecified atom stereocenters. The summed E-state index contributed by atoms with van der Waals surface area (Å²) in [4.78, 5) is 45.2. The van der Waals surface area contributed by atoms with Gasteiger partial charge >= 0.3 is 5.69 Å². The summed E-state index contributed by atoms with van der Waals surface area (Å²) in [6, 6.07) is 6.44. The Hall–Kier alpha value is -3.53. The quantitative estimate of drug-likeness (QED) is 0.575. The molecule has 0 aromatic carbocycles. The second-order valence-electron chi connectivity index (χ2n) is 5.74. The zero-order valence-corrected chi connectivity index (χ0v) is 15.1. The first kappa shape index (κ1) is 16.9. The number of furan rings is 1. The van der Waals surface area contributed by atoms with Gasteiger partial charge in [0.1, 0.15) is 17.0 Å². The van der Waals surface area contributed by atoms with Crippen LogP contribution in [0.5, 0.6) is 0 Å². The number of carbonyl (C=O) groups excluding carboxylic acids is 1. The third kappa shape index (κ3) is 2.85. The number of nitrogens with one attached hydrogen (secondary N) is 1. The molecule has 0 saturated heterocycles. The van der Waals surface area contributed by atoms with Crippen LogP contribution in [-0.2, 0) is 14.1 Å². The van der Waals surface area contributed by atoms with Crippen LogP contribution >= 0.6 is 11.3 Å². The highest BCUT2D eigenvalue weighted by Gasteiger charge is 2.15. The predicted molar refractivity (Wildman–Crippen MR) is 100.0 cm³/mol. The van der Waals surface area contributed by atoms with Gasteiger partial charge in [-0.05, 0) is 24.3 Å². The first-order chi connectivity index (χ1) is 13.0. The Morgan fingerprint density at radius 1 is 1.15 bits per heavy atom. The summed E-state index contributed by atoms with van der Waals surface area (Å²) in [6.45, 7) is 0. The first-order valence-electron chi connectivity index (χ1n) is 7.83. The van der Waals surface area contributed by atoms with Crippen molar-refractivity contribution in [1.82, 2.24) is 19.1 Å². The number of amides is 1. The zero-order chi connectivity index (χ0) is 19.1. The van der Waals surface area contributed by atoms with Crippen molar-refractivity contribution >= 4 is 33.4 Å². The summed E-state index contributed by atoms with van der Waals surface area (Å²) in [5.74, 6) is 0.104. The highest BCUT2D eigenvalue weighted by Crippen LogP contribution is 2.25. The van der Waals surface area contributed by atoms with Crippen molar-refractivity contribution in [1.29, 1.82) is 0 Å². The number of hydrogen-bond donors (Lipinski definition) is 1. The minimum absolute atomic E-state index is 0.0699. The summed E-state index contributed by atoms with van der Waals surface area (Å²) >= 11 is 1.25. The lowest BCUT2D eigenvalue weighted by Crippen LogP contribution is -2.37. The smallest absolute Gasteiger partial charge is 0.332 e. The van der Waals surface area contributed by atoms with Crippen LogP contribution < -0.4 is 16.6 Å². The van der Waals surface area contributed by atoms with E-state index >= 15 is 0 Å². The van der Waals surface area contributed by atoms with Gasteiger partial charge in [-0.3, -0.25) is 24.0 Å². The maximum atomic E-state index is 12.5. The maximum absolute atomic E-state index is 12.5. The van der Waals surface area contributed by atoms with Crippen molar-refractivity contribution in [3.05, 3.63) is 62.4 Å². The van der Waals surface area contributed by atoms with Crippen LogP contribution in [0.25, 0.3) is 22.5 Å². The van der Waals surface area contributed by atoms with Gasteiger partial charge in [0.15, 0.2) is 10.9 Å². The van der Waals surface area contributed by atoms with Crippen LogP contribution in [0, 0.1) is 0 Å². The van der Waals surface area contributed by atoms with E-state index in [2.05, 4.69) is 15.3 Å². The Morgan fingerprint density at radius 2 is 1.96 bits per heavy atom. The topological polar surface area (TPSA) is 112 Å². The molecular weight excluding hydrogens is 370 g/mol. The molecule has 0 aliphatic rings. The number of carbonyl (C=O) groups is 1. The molecule has 0 fully saturated rings. The number of rotatable bonds is 3. The van der Waals surface area contributed by atoms with Gasteiger partial charge in [0.05, 0.1) is 11.6 Å². The van der Waals surface area contributed by atoms with Gasteiger partial charge in [0, 0.05) is 19.5 Å². The van der Waals surface area contributed by atoms with Gasteiger partial charge in [0.2, 0.25) is 0 Å². The third-order valence-electron chi connectivity index (χ3n) is 4.03. The number of anilines is 1. The maximum Gasteiger partial charge on any atom is 0.332 e. The average Bonchev–Trinajstić information content (AvgIpc) is 3.35. The number of aromatic nitrogens is 4. The van der Waals surface area contributed by atoms with Crippen LogP contribution in [0.4, 0.5) is 5.13 Å². The molecule has 10 heteroatoms. The van der Waals surface area contributed by atoms with E-state index in [9.17, 15) is 14.4 Å². The van der Waals surface area contributed by atoms with E-state index in [0.717, 1.165) is 4.57 Å². The molecule has 0 bridgehead atoms. The number of nitrogens with zero attached hydrogens (tertiary/aromatic N) is 4. The summed E-state index contributed by atoms with van der Waals surface area (Å²) < 4.78 is 7.49. The highest BCUT2D eigenvalue weighted by molar-refractivity contribution is 7.14. The number of hydrogen-bond acceptors (Lipinski definition) is 7. The molecule has 9 nitrogen and oxygen atoms in total. The number of aryl methyl sites for hydroxylation is 1. The van der Waals surface area contributed by atoms with Crippen molar-refractivity contribution in [2.75, 3.05) is 5.32 Å². The summed E-state index contributed by atoms with van der Waals surface area (Å²) in [5.41, 5.74) is -0.152. The van der Waals surface area contributed by atoms with Crippen molar-refractivity contribution < 1.29 is 9.21 Å². The van der Waals surface area contributed by atoms with Crippen molar-refractivity contribution in [2.24, 2.45) is 14.1 Å². The normalized spacial score (nSPS) is 11.0. The SMILES string of the molecule is Cn1c(=O)c2ccc(C(=O)Nc3nc(-c4ccco4)cs3)nc2n(C)c1=O. The molecule has 4 aromatic rings. The molecule has 0 radical (unpaired) electrons. The van der Waals surface area contributed by atoms with Gasteiger partial charge in [-0.1, -0.05) is 0 Å². The van der Waals surface area contributed by atoms with Crippen LogP contribution in [0.15, 0.2) is 49.9 Å². The molecule has 136 valence electrons. The van der Waals surface area contributed by atoms with E-state index in [1.807, 2.05) is 0 Å². The van der Waals surface area contributed by atoms with Crippen LogP contribution in [0.3, 0.4) is 0 Å². The zero-order valence-electron chi connectivity index (χ0n) is 14.3. The van der Waals surface area contributed by atoms with Crippen molar-refractivity contribution in [3.8, 4) is 11.5 Å². The Balaban J connectivity index is 1.67. The van der Waals surface area contributed by atoms with E-state index in [1.54, 1.807) is 23.8 Å². The third-order valence-corrected chi connectivity index (χ3v) is 4.79. The largest absolute Gasteiger partial charge is 0.463 e. The monoisotopic (exact) mass is 383 g/mol. The lowest BCUT2D eigenvalue weighted by Gasteiger charge is -2.08. The van der Waals surface area contributed by atoms with Crippen LogP contribution in [-0.4, -0.2) is 25.0 Å². The predicted octanol–water partition coefficient (Wildman–Crippen LogP) is 1.60. The lowest BCUT2D eigenvalue weighted by atomic mass is 10.2. The highest BCUT2D eigenvalue weighted by atomic mass is 32.1. The first-order valence-corrected chi connectivity index (χ1v) is 8.71. The summed E-state index contributed by atoms with van der Waals surface area (Å²) in [6.07, 6.45) is 1.54. The Labute approximate surface area is 155 Å². The molecule has 0 aliphatic heterocycles. The summed E-state index contributed by atoms with van der Waals surface area (Å²) in [5, 5.41) is 5.05. The van der Waals surface area contributed by atoms with E-state index in [4.69, 9.17) is 4.42 Å². The second-order valence-corrected chi connectivity index (χ2v) is 6.60. The van der Waals surface area contributed by atoms with Gasteiger partial charge in [0.25, 0.3) is 11.5 Å². The van der Waals surface area contributed by atoms with E-state index < -0.39 is 17.2 Å². The standard InChI is InChI=1S/C17H13N5O4S/c1-21-13-9(15(24)22(2)17(21)25)5-6-10(18-13)14(23)20-16-19-11(8-27-16)12-4-3-7-26-12/h3-8H,1-2H3,(H,19,20,23). The van der Waals surface area contributed by atoms with Crippen LogP contribution in [0.2, 0.25) is 0 Å². The summed E-state index contributed by atoms with van der Waals surface area (Å²) in [7, 11) is 2.89. The molecule has 1 N–H and O–H groups in total. The second kappa shape index (κ2) is 6.32. The molecule has 0 spiro atoms. The molecular formula is C17H13N5O4S. The molecule has 4 aromatic heterocycles. The van der Waals surface area contributed by atoms with Gasteiger partial charge < -0.3 is 4.42 Å². The van der Waals surface area contributed by atoms with E-state index in [1.165, 1.54) is 42.1 Å². The molecule has 4 heterocycles. The molecule has 27 heavy (non-hydrogen) atoms. The van der Waals surface area contributed by atoms with E-state index in [-0.39, 0.29) is 16.7 Å². The fourth-order valence-electron chi connectivity index (χ4n) is 2.61. The van der Waals surface area contributed by atoms with Crippen molar-refractivity contribution in [2.45, 2.75) is 0 Å². The average molecular weight is 383 g/mol. The Morgan fingerprint density at radius 3 is 2.70 bits per heavy atom. The van der Waals surface area contributed by atoms with Crippen LogP contribution in [0.1, 0.15) is 10.5 Å².